The van der Waals surface area contributed by atoms with E-state index in [0.29, 0.717) is 5.92 Å². The lowest BCUT2D eigenvalue weighted by molar-refractivity contribution is 0.0876. The van der Waals surface area contributed by atoms with Gasteiger partial charge in [-0.05, 0) is 42.9 Å². The topological polar surface area (TPSA) is 49.5 Å². The van der Waals surface area contributed by atoms with E-state index in [9.17, 15) is 9.50 Å². The number of likely N-dealkylation sites (tertiary alicyclic amines) is 1. The Hall–Kier alpha value is -0.970. The van der Waals surface area contributed by atoms with Gasteiger partial charge in [-0.3, -0.25) is 4.90 Å². The molecule has 1 aromatic rings. The quantitative estimate of drug-likeness (QED) is 0.869. The van der Waals surface area contributed by atoms with E-state index < -0.39 is 0 Å². The Morgan fingerprint density at radius 2 is 2.25 bits per heavy atom. The second-order valence-electron chi connectivity index (χ2n) is 5.98. The van der Waals surface area contributed by atoms with Gasteiger partial charge in [0.1, 0.15) is 5.82 Å². The Bertz CT molecular complexity index is 427. The van der Waals surface area contributed by atoms with Gasteiger partial charge in [0.05, 0.1) is 6.10 Å². The zero-order valence-electron chi connectivity index (χ0n) is 12.1. The number of benzene rings is 1. The largest absolute Gasteiger partial charge is 0.393 e. The fourth-order valence-electron chi connectivity index (χ4n) is 3.09. The number of hydrogen-bond donors (Lipinski definition) is 2. The normalized spacial score (nSPS) is 25.6. The highest BCUT2D eigenvalue weighted by Crippen LogP contribution is 2.23. The van der Waals surface area contributed by atoms with Gasteiger partial charge < -0.3 is 10.8 Å². The molecule has 20 heavy (non-hydrogen) atoms. The van der Waals surface area contributed by atoms with Gasteiger partial charge in [-0.2, -0.15) is 0 Å². The number of halogens is 1. The first-order valence-corrected chi connectivity index (χ1v) is 7.47. The molecule has 0 bridgehead atoms. The van der Waals surface area contributed by atoms with Crippen LogP contribution in [0.25, 0.3) is 0 Å². The maximum atomic E-state index is 13.2. The average Bonchev–Trinajstić information content (AvgIpc) is 2.37. The summed E-state index contributed by atoms with van der Waals surface area (Å²) in [6.07, 6.45) is 2.33. The summed E-state index contributed by atoms with van der Waals surface area (Å²) in [5, 5.41) is 9.80. The molecule has 0 spiro atoms. The van der Waals surface area contributed by atoms with Crippen LogP contribution in [0.4, 0.5) is 4.39 Å². The Morgan fingerprint density at radius 1 is 1.45 bits per heavy atom. The molecule has 1 aromatic carbocycles. The lowest BCUT2D eigenvalue weighted by Crippen LogP contribution is -2.47. The van der Waals surface area contributed by atoms with Gasteiger partial charge in [-0.1, -0.05) is 19.1 Å². The molecular weight excluding hydrogens is 255 g/mol. The van der Waals surface area contributed by atoms with Crippen molar-refractivity contribution >= 4 is 0 Å². The lowest BCUT2D eigenvalue weighted by atomic mass is 9.89. The third-order valence-corrected chi connectivity index (χ3v) is 4.02. The van der Waals surface area contributed by atoms with Gasteiger partial charge in [0.15, 0.2) is 0 Å². The van der Waals surface area contributed by atoms with Crippen LogP contribution in [0.15, 0.2) is 24.3 Å². The Kier molecular flexibility index (Phi) is 5.52. The molecule has 0 aromatic heterocycles. The molecule has 3 nitrogen and oxygen atoms in total. The van der Waals surface area contributed by atoms with Crippen molar-refractivity contribution in [2.24, 2.45) is 11.7 Å². The van der Waals surface area contributed by atoms with E-state index in [0.717, 1.165) is 44.5 Å². The van der Waals surface area contributed by atoms with Crippen molar-refractivity contribution in [1.82, 2.24) is 4.90 Å². The van der Waals surface area contributed by atoms with E-state index in [-0.39, 0.29) is 18.0 Å². The molecule has 0 radical (unpaired) electrons. The smallest absolute Gasteiger partial charge is 0.123 e. The van der Waals surface area contributed by atoms with Gasteiger partial charge >= 0.3 is 0 Å². The first kappa shape index (κ1) is 15.4. The number of nitrogens with two attached hydrogens (primary N) is 1. The number of nitrogens with zero attached hydrogens (tertiary/aromatic N) is 1. The summed E-state index contributed by atoms with van der Waals surface area (Å²) in [6.45, 7) is 4.50. The molecule has 3 N–H and O–H groups in total. The molecule has 1 fully saturated rings. The monoisotopic (exact) mass is 280 g/mol. The SMILES string of the molecule is CCC(O)CC1CC(N)CN(Cc2cccc(F)c2)C1. The molecule has 0 amide bonds. The minimum absolute atomic E-state index is 0.145. The second kappa shape index (κ2) is 7.16. The minimum atomic E-state index is -0.235. The third-order valence-electron chi connectivity index (χ3n) is 4.02. The van der Waals surface area contributed by atoms with Crippen LogP contribution in [0, 0.1) is 11.7 Å². The van der Waals surface area contributed by atoms with Crippen LogP contribution in [-0.4, -0.2) is 35.2 Å². The fourth-order valence-corrected chi connectivity index (χ4v) is 3.09. The van der Waals surface area contributed by atoms with Crippen molar-refractivity contribution in [2.75, 3.05) is 13.1 Å². The van der Waals surface area contributed by atoms with Crippen molar-refractivity contribution < 1.29 is 9.50 Å². The molecule has 0 aliphatic carbocycles. The number of hydrogen-bond acceptors (Lipinski definition) is 3. The molecular formula is C16H25FN2O. The van der Waals surface area contributed by atoms with E-state index in [1.807, 2.05) is 13.0 Å². The molecule has 4 heteroatoms. The number of piperidine rings is 1. The first-order chi connectivity index (χ1) is 9.56. The molecule has 112 valence electrons. The van der Waals surface area contributed by atoms with Gasteiger partial charge in [-0.25, -0.2) is 4.39 Å². The van der Waals surface area contributed by atoms with Crippen molar-refractivity contribution in [3.8, 4) is 0 Å². The zero-order chi connectivity index (χ0) is 14.5. The van der Waals surface area contributed by atoms with Crippen molar-refractivity contribution in [1.29, 1.82) is 0 Å². The Morgan fingerprint density at radius 3 is 2.95 bits per heavy atom. The van der Waals surface area contributed by atoms with E-state index in [1.54, 1.807) is 12.1 Å². The summed E-state index contributed by atoms with van der Waals surface area (Å²) in [5.74, 6) is 0.240. The summed E-state index contributed by atoms with van der Waals surface area (Å²) in [6, 6.07) is 6.87. The van der Waals surface area contributed by atoms with Crippen molar-refractivity contribution in [3.05, 3.63) is 35.6 Å². The van der Waals surface area contributed by atoms with Crippen molar-refractivity contribution in [2.45, 2.75) is 44.9 Å². The molecule has 3 atom stereocenters. The maximum Gasteiger partial charge on any atom is 0.123 e. The third kappa shape index (κ3) is 4.54. The first-order valence-electron chi connectivity index (χ1n) is 7.47. The summed E-state index contributed by atoms with van der Waals surface area (Å²) in [4.78, 5) is 2.27. The minimum Gasteiger partial charge on any atom is -0.393 e. The lowest BCUT2D eigenvalue weighted by Gasteiger charge is -2.37. The molecule has 1 aliphatic heterocycles. The number of aliphatic hydroxyl groups is 1. The molecule has 0 saturated carbocycles. The van der Waals surface area contributed by atoms with Crippen LogP contribution in [0.3, 0.4) is 0 Å². The highest BCUT2D eigenvalue weighted by molar-refractivity contribution is 5.16. The van der Waals surface area contributed by atoms with Crippen LogP contribution in [-0.2, 0) is 6.54 Å². The van der Waals surface area contributed by atoms with Crippen LogP contribution in [0.1, 0.15) is 31.7 Å². The van der Waals surface area contributed by atoms with Crippen LogP contribution < -0.4 is 5.73 Å². The highest BCUT2D eigenvalue weighted by atomic mass is 19.1. The number of rotatable bonds is 5. The predicted octanol–water partition coefficient (Wildman–Crippen LogP) is 2.14. The van der Waals surface area contributed by atoms with Gasteiger partial charge in [0, 0.05) is 25.7 Å². The molecule has 1 aliphatic rings. The summed E-state index contributed by atoms with van der Waals surface area (Å²) >= 11 is 0. The van der Waals surface area contributed by atoms with Crippen LogP contribution in [0.5, 0.6) is 0 Å². The molecule has 1 saturated heterocycles. The fraction of sp³-hybridized carbons (Fsp3) is 0.625. The second-order valence-corrected chi connectivity index (χ2v) is 5.98. The Balaban J connectivity index is 1.94. The summed E-state index contributed by atoms with van der Waals surface area (Å²) < 4.78 is 13.2. The predicted molar refractivity (Wildman–Crippen MR) is 78.7 cm³/mol. The molecule has 3 unspecified atom stereocenters. The molecule has 1 heterocycles. The maximum absolute atomic E-state index is 13.2. The standard InChI is InChI=1S/C16H25FN2O/c1-2-16(20)8-13-7-15(18)11-19(10-13)9-12-4-3-5-14(17)6-12/h3-6,13,15-16,20H,2,7-11,18H2,1H3. The van der Waals surface area contributed by atoms with E-state index in [1.165, 1.54) is 6.07 Å². The van der Waals surface area contributed by atoms with Crippen molar-refractivity contribution in [3.63, 3.8) is 0 Å². The summed E-state index contributed by atoms with van der Waals surface area (Å²) in [5.41, 5.74) is 7.10. The highest BCUT2D eigenvalue weighted by Gasteiger charge is 2.26. The van der Waals surface area contributed by atoms with E-state index in [2.05, 4.69) is 4.90 Å². The van der Waals surface area contributed by atoms with Gasteiger partial charge in [-0.15, -0.1) is 0 Å². The zero-order valence-corrected chi connectivity index (χ0v) is 12.1. The van der Waals surface area contributed by atoms with Gasteiger partial charge in [0.25, 0.3) is 0 Å². The average molecular weight is 280 g/mol. The van der Waals surface area contributed by atoms with Crippen LogP contribution in [0.2, 0.25) is 0 Å². The van der Waals surface area contributed by atoms with Crippen LogP contribution >= 0.6 is 0 Å². The Labute approximate surface area is 120 Å². The van der Waals surface area contributed by atoms with E-state index in [4.69, 9.17) is 5.73 Å². The summed E-state index contributed by atoms with van der Waals surface area (Å²) in [7, 11) is 0. The number of aliphatic hydroxyl groups excluding tert-OH is 1. The van der Waals surface area contributed by atoms with Gasteiger partial charge in [0.2, 0.25) is 0 Å². The van der Waals surface area contributed by atoms with E-state index >= 15 is 0 Å². The molecule has 2 rings (SSSR count).